The zero-order valence-corrected chi connectivity index (χ0v) is 15.6. The number of fused-ring (bicyclic) bond motifs is 1. The van der Waals surface area contributed by atoms with E-state index in [2.05, 4.69) is 0 Å². The molecule has 0 spiro atoms. The number of phenolic OH excluding ortho intramolecular Hbond substituents is 1. The van der Waals surface area contributed by atoms with Gasteiger partial charge in [0.2, 0.25) is 0 Å². The van der Waals surface area contributed by atoms with Gasteiger partial charge in [0, 0.05) is 11.6 Å². The summed E-state index contributed by atoms with van der Waals surface area (Å²) in [7, 11) is 0. The second kappa shape index (κ2) is 10.2. The SMILES string of the molecule is [2H]C(=O)COC[C@H]1OC(c2ccc3c(=O)ccoc3c2O)[C@@H](OCC([2H])=O)[C@@H]1OCC([2H])=O. The zero-order chi connectivity index (χ0) is 24.1. The van der Waals surface area contributed by atoms with E-state index in [1.165, 1.54) is 18.2 Å². The third-order valence-electron chi connectivity index (χ3n) is 4.56. The van der Waals surface area contributed by atoms with Crippen molar-refractivity contribution in [2.24, 2.45) is 0 Å². The van der Waals surface area contributed by atoms with E-state index < -0.39 is 68.8 Å². The molecule has 1 aliphatic heterocycles. The first-order valence-corrected chi connectivity index (χ1v) is 8.87. The Labute approximate surface area is 174 Å². The van der Waals surface area contributed by atoms with E-state index in [1.54, 1.807) is 0 Å². The number of phenols is 1. The van der Waals surface area contributed by atoms with Crippen molar-refractivity contribution in [1.29, 1.82) is 0 Å². The van der Waals surface area contributed by atoms with Crippen LogP contribution in [0.25, 0.3) is 11.0 Å². The molecule has 10 nitrogen and oxygen atoms in total. The van der Waals surface area contributed by atoms with Crippen LogP contribution in [0.5, 0.6) is 5.75 Å². The molecule has 2 aromatic rings. The topological polar surface area (TPSA) is 139 Å². The first-order valence-electron chi connectivity index (χ1n) is 10.4. The van der Waals surface area contributed by atoms with Gasteiger partial charge in [-0.25, -0.2) is 0 Å². The van der Waals surface area contributed by atoms with Gasteiger partial charge in [0.05, 0.1) is 18.3 Å². The zero-order valence-electron chi connectivity index (χ0n) is 18.6. The van der Waals surface area contributed by atoms with Gasteiger partial charge in [-0.05, 0) is 6.07 Å². The summed E-state index contributed by atoms with van der Waals surface area (Å²) in [6.07, 6.45) is -6.39. The number of benzene rings is 1. The van der Waals surface area contributed by atoms with Crippen molar-refractivity contribution in [3.63, 3.8) is 0 Å². The first-order chi connectivity index (χ1) is 15.7. The van der Waals surface area contributed by atoms with Crippen LogP contribution in [0.4, 0.5) is 0 Å². The number of hydrogen-bond acceptors (Lipinski definition) is 10. The second-order valence-corrected chi connectivity index (χ2v) is 6.26. The molecule has 0 saturated carbocycles. The highest BCUT2D eigenvalue weighted by atomic mass is 16.6. The maximum atomic E-state index is 12.0. The lowest BCUT2D eigenvalue weighted by Crippen LogP contribution is -2.38. The van der Waals surface area contributed by atoms with Crippen molar-refractivity contribution < 1.29 is 47.0 Å². The Hall–Kier alpha value is -2.92. The van der Waals surface area contributed by atoms with Crippen LogP contribution in [-0.4, -0.2) is 68.6 Å². The monoisotopic (exact) mass is 423 g/mol. The van der Waals surface area contributed by atoms with Gasteiger partial charge in [0.25, 0.3) is 0 Å². The average Bonchev–Trinajstić information content (AvgIpc) is 3.08. The lowest BCUT2D eigenvalue weighted by molar-refractivity contribution is -0.125. The maximum Gasteiger partial charge on any atom is 0.192 e. The fourth-order valence-corrected chi connectivity index (χ4v) is 3.36. The Balaban J connectivity index is 1.99. The Morgan fingerprint density at radius 1 is 1.03 bits per heavy atom. The summed E-state index contributed by atoms with van der Waals surface area (Å²) < 4.78 is 48.4. The van der Waals surface area contributed by atoms with Gasteiger partial charge in [-0.15, -0.1) is 0 Å². The molecule has 1 aliphatic rings. The maximum absolute atomic E-state index is 12.0. The van der Waals surface area contributed by atoms with Gasteiger partial charge < -0.3 is 42.9 Å². The van der Waals surface area contributed by atoms with Crippen molar-refractivity contribution in [2.75, 3.05) is 26.4 Å². The van der Waals surface area contributed by atoms with Gasteiger partial charge in [-0.2, -0.15) is 0 Å². The Morgan fingerprint density at radius 2 is 1.73 bits per heavy atom. The molecule has 1 aromatic heterocycles. The number of ether oxygens (including phenoxy) is 4. The van der Waals surface area contributed by atoms with Crippen LogP contribution in [0.1, 0.15) is 15.8 Å². The number of carbonyl (C=O) groups excluding carboxylic acids is 3. The van der Waals surface area contributed by atoms with E-state index in [0.717, 1.165) is 6.26 Å². The Kier molecular flexibility index (Phi) is 6.09. The van der Waals surface area contributed by atoms with Gasteiger partial charge >= 0.3 is 0 Å². The Bertz CT molecular complexity index is 1100. The van der Waals surface area contributed by atoms with Crippen LogP contribution in [0, 0.1) is 0 Å². The molecule has 1 N–H and O–H groups in total. The normalized spacial score (nSPS) is 24.9. The summed E-state index contributed by atoms with van der Waals surface area (Å²) in [6.45, 7) is -2.14. The van der Waals surface area contributed by atoms with E-state index in [4.69, 9.17) is 27.5 Å². The average molecular weight is 423 g/mol. The third-order valence-corrected chi connectivity index (χ3v) is 4.56. The van der Waals surface area contributed by atoms with Crippen LogP contribution in [0.3, 0.4) is 0 Å². The molecule has 1 unspecified atom stereocenters. The molecule has 160 valence electrons. The van der Waals surface area contributed by atoms with Crippen LogP contribution < -0.4 is 5.43 Å². The highest BCUT2D eigenvalue weighted by molar-refractivity contribution is 5.83. The van der Waals surface area contributed by atoms with Crippen molar-refractivity contribution >= 4 is 29.8 Å². The number of aromatic hydroxyl groups is 1. The first kappa shape index (κ1) is 17.9. The van der Waals surface area contributed by atoms with E-state index in [9.17, 15) is 24.3 Å². The summed E-state index contributed by atoms with van der Waals surface area (Å²) in [5, 5.41) is 10.9. The van der Waals surface area contributed by atoms with Gasteiger partial charge in [-0.3, -0.25) is 4.79 Å². The van der Waals surface area contributed by atoms with Crippen molar-refractivity contribution in [1.82, 2.24) is 0 Å². The molecule has 30 heavy (non-hydrogen) atoms. The molecule has 4 atom stereocenters. The molecule has 10 heteroatoms. The van der Waals surface area contributed by atoms with Crippen LogP contribution in [0.2, 0.25) is 0 Å². The molecule has 3 rings (SSSR count). The van der Waals surface area contributed by atoms with Gasteiger partial charge in [0.15, 0.2) is 16.8 Å². The molecule has 0 amide bonds. The molecular weight excluding hydrogens is 400 g/mol. The summed E-state index contributed by atoms with van der Waals surface area (Å²) in [6, 6.07) is 3.97. The summed E-state index contributed by atoms with van der Waals surface area (Å²) >= 11 is 0. The minimum absolute atomic E-state index is 0.101. The standard InChI is InChI=1S/C20H20O10/c21-4-8-26-11-15-19(28-9-5-22)20(29-10-6-23)18(30-15)13-2-1-12-14(24)3-7-27-17(12)16(13)25/h1-7,15,18-20,25H,8-11H2/t15-,18?,19-,20-/m1/s1/i4D,5D,6D. The van der Waals surface area contributed by atoms with E-state index in [-0.39, 0.29) is 28.6 Å². The number of rotatable bonds is 11. The smallest absolute Gasteiger partial charge is 0.192 e. The highest BCUT2D eigenvalue weighted by Crippen LogP contribution is 2.42. The molecule has 0 aliphatic carbocycles. The summed E-state index contributed by atoms with van der Waals surface area (Å²) in [5.41, 5.74) is -0.402. The van der Waals surface area contributed by atoms with E-state index in [0.29, 0.717) is 0 Å². The van der Waals surface area contributed by atoms with Gasteiger partial charge in [-0.1, -0.05) is 6.07 Å². The quantitative estimate of drug-likeness (QED) is 0.503. The molecule has 0 radical (unpaired) electrons. The fourth-order valence-electron chi connectivity index (χ4n) is 3.36. The molecule has 1 saturated heterocycles. The number of carbonyl (C=O) groups is 3. The highest BCUT2D eigenvalue weighted by Gasteiger charge is 2.48. The largest absolute Gasteiger partial charge is 0.504 e. The van der Waals surface area contributed by atoms with Crippen LogP contribution in [0.15, 0.2) is 33.7 Å². The molecule has 1 aromatic carbocycles. The lowest BCUT2D eigenvalue weighted by Gasteiger charge is -2.24. The third kappa shape index (κ3) is 4.46. The number of hydrogen-bond donors (Lipinski definition) is 1. The minimum atomic E-state index is -1.15. The predicted octanol–water partition coefficient (Wildman–Crippen LogP) is 0.322. The van der Waals surface area contributed by atoms with E-state index >= 15 is 0 Å². The van der Waals surface area contributed by atoms with Crippen molar-refractivity contribution in [3.8, 4) is 5.75 Å². The van der Waals surface area contributed by atoms with Gasteiger partial charge in [0.1, 0.15) is 67.1 Å². The molecule has 1 fully saturated rings. The van der Waals surface area contributed by atoms with Crippen LogP contribution in [-0.2, 0) is 33.3 Å². The predicted molar refractivity (Wildman–Crippen MR) is 100 cm³/mol. The molecule has 2 heterocycles. The van der Waals surface area contributed by atoms with Crippen LogP contribution >= 0.6 is 0 Å². The summed E-state index contributed by atoms with van der Waals surface area (Å²) in [4.78, 5) is 45.3. The van der Waals surface area contributed by atoms with Crippen molar-refractivity contribution in [2.45, 2.75) is 24.4 Å². The molecular formula is C20H20O10. The number of aldehydes is 3. The summed E-state index contributed by atoms with van der Waals surface area (Å²) in [5.74, 6) is -0.431. The fraction of sp³-hybridized carbons (Fsp3) is 0.400. The second-order valence-electron chi connectivity index (χ2n) is 6.26. The Morgan fingerprint density at radius 3 is 2.43 bits per heavy atom. The minimum Gasteiger partial charge on any atom is -0.504 e. The van der Waals surface area contributed by atoms with Crippen molar-refractivity contribution in [3.05, 3.63) is 40.2 Å². The lowest BCUT2D eigenvalue weighted by atomic mass is 9.99. The molecule has 0 bridgehead atoms. The van der Waals surface area contributed by atoms with E-state index in [1.807, 2.05) is 0 Å².